The maximum absolute atomic E-state index is 11.5. The Bertz CT molecular complexity index is 416. The molecule has 6 nitrogen and oxygen atoms in total. The van der Waals surface area contributed by atoms with Gasteiger partial charge < -0.3 is 18.9 Å². The molecule has 28 heavy (non-hydrogen) atoms. The number of hydrogen-bond donors (Lipinski definition) is 0. The highest BCUT2D eigenvalue weighted by atomic mass is 16.6. The maximum atomic E-state index is 11.5. The van der Waals surface area contributed by atoms with Crippen LogP contribution in [0.3, 0.4) is 0 Å². The van der Waals surface area contributed by atoms with Gasteiger partial charge in [0.15, 0.2) is 0 Å². The second-order valence-corrected chi connectivity index (χ2v) is 6.77. The first-order chi connectivity index (χ1) is 13.8. The molecule has 0 saturated heterocycles. The summed E-state index contributed by atoms with van der Waals surface area (Å²) in [5, 5.41) is 0. The van der Waals surface area contributed by atoms with Crippen LogP contribution in [0.1, 0.15) is 64.2 Å². The summed E-state index contributed by atoms with van der Waals surface area (Å²) in [6.07, 6.45) is 18.2. The van der Waals surface area contributed by atoms with Gasteiger partial charge in [0.05, 0.1) is 26.4 Å². The van der Waals surface area contributed by atoms with Crippen LogP contribution in [0.2, 0.25) is 0 Å². The highest BCUT2D eigenvalue weighted by molar-refractivity contribution is 5.82. The van der Waals surface area contributed by atoms with Crippen molar-refractivity contribution in [2.45, 2.75) is 64.2 Å². The Hall–Kier alpha value is -1.66. The third-order valence-electron chi connectivity index (χ3n) is 4.32. The molecule has 1 aliphatic heterocycles. The van der Waals surface area contributed by atoms with Gasteiger partial charge in [-0.15, -0.1) is 0 Å². The van der Waals surface area contributed by atoms with Gasteiger partial charge in [0, 0.05) is 12.2 Å². The number of rotatable bonds is 0. The van der Waals surface area contributed by atoms with Crippen LogP contribution in [0.25, 0.3) is 0 Å². The van der Waals surface area contributed by atoms with Gasteiger partial charge in [0.25, 0.3) is 0 Å². The Kier molecular flexibility index (Phi) is 16.3. The fraction of sp³-hybridized carbons (Fsp3) is 0.727. The lowest BCUT2D eigenvalue weighted by molar-refractivity contribution is -0.141. The summed E-state index contributed by atoms with van der Waals surface area (Å²) in [5.74, 6) is -0.644. The largest absolute Gasteiger partial charge is 0.460 e. The van der Waals surface area contributed by atoms with Gasteiger partial charge in [-0.2, -0.15) is 0 Å². The zero-order valence-electron chi connectivity index (χ0n) is 17.1. The highest BCUT2D eigenvalue weighted by Crippen LogP contribution is 2.11. The minimum absolute atomic E-state index is 0.229. The third-order valence-corrected chi connectivity index (χ3v) is 4.32. The predicted molar refractivity (Wildman–Crippen MR) is 108 cm³/mol. The molecule has 0 aromatic rings. The fourth-order valence-electron chi connectivity index (χ4n) is 2.76. The lowest BCUT2D eigenvalue weighted by Crippen LogP contribution is -2.14. The van der Waals surface area contributed by atoms with Crippen molar-refractivity contribution in [2.24, 2.45) is 0 Å². The molecule has 0 spiro atoms. The Balaban J connectivity index is 2.22. The molecule has 0 aliphatic carbocycles. The summed E-state index contributed by atoms with van der Waals surface area (Å²) in [4.78, 5) is 23.1. The van der Waals surface area contributed by atoms with Gasteiger partial charge >= 0.3 is 11.9 Å². The summed E-state index contributed by atoms with van der Waals surface area (Å²) in [7, 11) is 0. The van der Waals surface area contributed by atoms with E-state index >= 15 is 0 Å². The van der Waals surface area contributed by atoms with E-state index in [2.05, 4.69) is 0 Å². The van der Waals surface area contributed by atoms with Crippen LogP contribution >= 0.6 is 0 Å². The van der Waals surface area contributed by atoms with E-state index in [0.29, 0.717) is 26.4 Å². The van der Waals surface area contributed by atoms with Crippen molar-refractivity contribution in [2.75, 3.05) is 39.6 Å². The lowest BCUT2D eigenvalue weighted by atomic mass is 10.1. The maximum Gasteiger partial charge on any atom is 0.330 e. The van der Waals surface area contributed by atoms with Crippen LogP contribution in [0.15, 0.2) is 24.3 Å². The molecular weight excluding hydrogens is 360 g/mol. The van der Waals surface area contributed by atoms with Gasteiger partial charge in [0.2, 0.25) is 0 Å². The van der Waals surface area contributed by atoms with Crippen molar-refractivity contribution in [3.8, 4) is 0 Å². The van der Waals surface area contributed by atoms with Crippen molar-refractivity contribution in [1.82, 2.24) is 0 Å². The topological polar surface area (TPSA) is 71.1 Å². The second-order valence-electron chi connectivity index (χ2n) is 6.77. The quantitative estimate of drug-likeness (QED) is 0.573. The molecule has 1 heterocycles. The Morgan fingerprint density at radius 3 is 1.29 bits per heavy atom. The number of carbonyl (C=O) groups excluding carboxylic acids is 2. The van der Waals surface area contributed by atoms with Gasteiger partial charge in [-0.3, -0.25) is 0 Å². The first-order valence-corrected chi connectivity index (χ1v) is 10.6. The van der Waals surface area contributed by atoms with E-state index in [1.807, 2.05) is 12.2 Å². The molecule has 0 bridgehead atoms. The number of carbonyl (C=O) groups is 2. The molecule has 1 aliphatic rings. The average molecular weight is 397 g/mol. The predicted octanol–water partition coefficient (Wildman–Crippen LogP) is 4.13. The number of hydrogen-bond acceptors (Lipinski definition) is 6. The molecule has 160 valence electrons. The van der Waals surface area contributed by atoms with Crippen molar-refractivity contribution in [3.05, 3.63) is 24.3 Å². The SMILES string of the molecule is O=C1C=CCCCCCCCCCCC=CC(=O)OCCOCCOCCO1. The normalized spacial score (nSPS) is 21.6. The summed E-state index contributed by atoms with van der Waals surface area (Å²) in [6, 6.07) is 0. The Morgan fingerprint density at radius 2 is 0.857 bits per heavy atom. The molecule has 0 aromatic heterocycles. The minimum Gasteiger partial charge on any atom is -0.460 e. The van der Waals surface area contributed by atoms with E-state index in [9.17, 15) is 9.59 Å². The van der Waals surface area contributed by atoms with Crippen LogP contribution < -0.4 is 0 Å². The average Bonchev–Trinajstić information content (AvgIpc) is 2.69. The molecular formula is C22H36O6. The van der Waals surface area contributed by atoms with Gasteiger partial charge in [-0.1, -0.05) is 50.7 Å². The molecule has 0 N–H and O–H groups in total. The molecule has 0 fully saturated rings. The molecule has 0 unspecified atom stereocenters. The summed E-state index contributed by atoms with van der Waals surface area (Å²) in [6.45, 7) is 1.94. The van der Waals surface area contributed by atoms with Gasteiger partial charge in [-0.25, -0.2) is 9.59 Å². The molecule has 0 radical (unpaired) electrons. The molecule has 0 saturated carbocycles. The lowest BCUT2D eigenvalue weighted by Gasteiger charge is -2.06. The van der Waals surface area contributed by atoms with E-state index in [1.54, 1.807) is 0 Å². The van der Waals surface area contributed by atoms with Crippen LogP contribution in [-0.4, -0.2) is 51.6 Å². The van der Waals surface area contributed by atoms with Crippen LogP contribution in [0.4, 0.5) is 0 Å². The van der Waals surface area contributed by atoms with E-state index in [4.69, 9.17) is 18.9 Å². The van der Waals surface area contributed by atoms with Crippen molar-refractivity contribution >= 4 is 11.9 Å². The molecule has 1 rings (SSSR count). The highest BCUT2D eigenvalue weighted by Gasteiger charge is 1.99. The fourth-order valence-corrected chi connectivity index (χ4v) is 2.76. The standard InChI is InChI=1S/C22H36O6/c23-21-13-11-9-7-5-3-1-2-4-6-8-10-12-14-22(24)28-20-18-26-16-15-25-17-19-27-21/h11-14H,1-10,15-20H2. The van der Waals surface area contributed by atoms with Crippen LogP contribution in [0, 0.1) is 0 Å². The van der Waals surface area contributed by atoms with Crippen molar-refractivity contribution < 1.29 is 28.5 Å². The summed E-state index contributed by atoms with van der Waals surface area (Å²) < 4.78 is 20.8. The summed E-state index contributed by atoms with van der Waals surface area (Å²) >= 11 is 0. The molecule has 0 aromatic carbocycles. The van der Waals surface area contributed by atoms with Crippen molar-refractivity contribution in [3.63, 3.8) is 0 Å². The summed E-state index contributed by atoms with van der Waals surface area (Å²) in [5.41, 5.74) is 0. The van der Waals surface area contributed by atoms with Crippen molar-refractivity contribution in [1.29, 1.82) is 0 Å². The number of cyclic esters (lactones) is 2. The third kappa shape index (κ3) is 16.5. The minimum atomic E-state index is -0.322. The first-order valence-electron chi connectivity index (χ1n) is 10.6. The number of esters is 2. The van der Waals surface area contributed by atoms with Gasteiger partial charge in [-0.05, 0) is 25.7 Å². The Labute approximate surface area is 169 Å². The number of allylic oxidation sites excluding steroid dienone is 2. The van der Waals surface area contributed by atoms with E-state index in [0.717, 1.165) is 25.7 Å². The Morgan fingerprint density at radius 1 is 0.500 bits per heavy atom. The zero-order chi connectivity index (χ0) is 20.1. The van der Waals surface area contributed by atoms with Gasteiger partial charge in [0.1, 0.15) is 13.2 Å². The van der Waals surface area contributed by atoms with Crippen LogP contribution in [0.5, 0.6) is 0 Å². The first kappa shape index (κ1) is 24.4. The monoisotopic (exact) mass is 396 g/mol. The number of ether oxygens (including phenoxy) is 4. The van der Waals surface area contributed by atoms with Crippen LogP contribution in [-0.2, 0) is 28.5 Å². The molecule has 0 amide bonds. The van der Waals surface area contributed by atoms with E-state index < -0.39 is 0 Å². The second kappa shape index (κ2) is 18.7. The van der Waals surface area contributed by atoms with E-state index in [-0.39, 0.29) is 25.2 Å². The smallest absolute Gasteiger partial charge is 0.330 e. The zero-order valence-corrected chi connectivity index (χ0v) is 17.1. The van der Waals surface area contributed by atoms with E-state index in [1.165, 1.54) is 50.7 Å². The molecule has 6 heteroatoms. The molecule has 0 atom stereocenters.